The molecule has 2 aromatic carbocycles. The lowest BCUT2D eigenvalue weighted by Crippen LogP contribution is -1.85. The van der Waals surface area contributed by atoms with Gasteiger partial charge in [0.25, 0.3) is 0 Å². The smallest absolute Gasteiger partial charge is 0.0955 e. The van der Waals surface area contributed by atoms with E-state index in [0.29, 0.717) is 10.7 Å². The molecule has 0 amide bonds. The molecule has 116 valence electrons. The van der Waals surface area contributed by atoms with Crippen molar-refractivity contribution in [2.75, 3.05) is 0 Å². The third-order valence-corrected chi connectivity index (χ3v) is 3.91. The molecule has 0 bridgehead atoms. The van der Waals surface area contributed by atoms with E-state index < -0.39 is 0 Å². The average Bonchev–Trinajstić information content (AvgIpc) is 2.55. The Hall–Kier alpha value is -1.91. The molecule has 0 saturated heterocycles. The average molecular weight is 340 g/mol. The summed E-state index contributed by atoms with van der Waals surface area (Å²) >= 11 is 10.9. The molecular formula is C20H18ClNS. The molecule has 0 aliphatic heterocycles. The van der Waals surface area contributed by atoms with Gasteiger partial charge < -0.3 is 0 Å². The molecule has 0 aromatic heterocycles. The molecule has 1 nitrogen and oxygen atoms in total. The zero-order valence-electron chi connectivity index (χ0n) is 13.3. The quantitative estimate of drug-likeness (QED) is 0.371. The minimum Gasteiger partial charge on any atom is -0.193 e. The number of unbranched alkanes of at least 4 members (excludes halogenated alkanes) is 1. The first-order valence-electron chi connectivity index (χ1n) is 7.63. The third kappa shape index (κ3) is 5.05. The van der Waals surface area contributed by atoms with E-state index in [-0.39, 0.29) is 0 Å². The van der Waals surface area contributed by atoms with E-state index in [4.69, 9.17) is 11.6 Å². The molecular weight excluding hydrogens is 322 g/mol. The van der Waals surface area contributed by atoms with Crippen LogP contribution in [0.15, 0.2) is 41.4 Å². The Balaban J connectivity index is 2.20. The molecule has 23 heavy (non-hydrogen) atoms. The van der Waals surface area contributed by atoms with E-state index in [1.165, 1.54) is 18.4 Å². The summed E-state index contributed by atoms with van der Waals surface area (Å²) in [5.74, 6) is 6.33. The Morgan fingerprint density at radius 1 is 1.09 bits per heavy atom. The van der Waals surface area contributed by atoms with Gasteiger partial charge in [-0.3, -0.25) is 0 Å². The van der Waals surface area contributed by atoms with Crippen molar-refractivity contribution >= 4 is 34.7 Å². The largest absolute Gasteiger partial charge is 0.193 e. The number of nitrogens with zero attached hydrogens (tertiary/aromatic N) is 1. The van der Waals surface area contributed by atoms with Crippen molar-refractivity contribution < 1.29 is 0 Å². The van der Waals surface area contributed by atoms with E-state index in [9.17, 15) is 0 Å². The van der Waals surface area contributed by atoms with Crippen LogP contribution in [-0.4, -0.2) is 5.16 Å². The van der Waals surface area contributed by atoms with Crippen molar-refractivity contribution in [3.63, 3.8) is 0 Å². The lowest BCUT2D eigenvalue weighted by Gasteiger charge is -2.02. The molecule has 0 heterocycles. The van der Waals surface area contributed by atoms with Crippen LogP contribution in [0.5, 0.6) is 0 Å². The van der Waals surface area contributed by atoms with Crippen LogP contribution in [0.2, 0.25) is 5.02 Å². The molecule has 0 spiro atoms. The Labute approximate surface area is 148 Å². The van der Waals surface area contributed by atoms with Crippen LogP contribution in [-0.2, 0) is 6.42 Å². The number of aryl methyl sites for hydroxylation is 2. The fourth-order valence-electron chi connectivity index (χ4n) is 2.28. The molecule has 0 aliphatic rings. The first kappa shape index (κ1) is 17.4. The Kier molecular flexibility index (Phi) is 6.56. The number of rotatable bonds is 4. The summed E-state index contributed by atoms with van der Waals surface area (Å²) in [5.41, 5.74) is 4.83. The van der Waals surface area contributed by atoms with E-state index in [2.05, 4.69) is 65.4 Å². The fourth-order valence-corrected chi connectivity index (χ4v) is 2.68. The number of thiocarbonyl (C=S) groups is 1. The molecule has 2 aromatic rings. The van der Waals surface area contributed by atoms with Gasteiger partial charge in [-0.2, -0.15) is 4.99 Å². The van der Waals surface area contributed by atoms with Crippen molar-refractivity contribution in [2.24, 2.45) is 4.99 Å². The van der Waals surface area contributed by atoms with Crippen molar-refractivity contribution in [2.45, 2.75) is 33.1 Å². The van der Waals surface area contributed by atoms with Gasteiger partial charge in [0.2, 0.25) is 0 Å². The van der Waals surface area contributed by atoms with Gasteiger partial charge in [0, 0.05) is 11.1 Å². The monoisotopic (exact) mass is 339 g/mol. The summed E-state index contributed by atoms with van der Waals surface area (Å²) in [4.78, 5) is 3.98. The zero-order valence-corrected chi connectivity index (χ0v) is 14.9. The van der Waals surface area contributed by atoms with E-state index in [1.54, 1.807) is 0 Å². The van der Waals surface area contributed by atoms with Gasteiger partial charge in [-0.15, -0.1) is 0 Å². The fraction of sp³-hybridized carbons (Fsp3) is 0.250. The molecule has 3 heteroatoms. The maximum absolute atomic E-state index is 6.22. The predicted molar refractivity (Wildman–Crippen MR) is 102 cm³/mol. The van der Waals surface area contributed by atoms with Crippen LogP contribution >= 0.6 is 23.8 Å². The molecule has 0 fully saturated rings. The minimum atomic E-state index is 0.543. The van der Waals surface area contributed by atoms with Crippen molar-refractivity contribution in [1.82, 2.24) is 0 Å². The van der Waals surface area contributed by atoms with Crippen LogP contribution in [0, 0.1) is 18.8 Å². The lowest BCUT2D eigenvalue weighted by molar-refractivity contribution is 0.795. The first-order chi connectivity index (χ1) is 11.1. The van der Waals surface area contributed by atoms with Crippen molar-refractivity contribution in [3.05, 3.63) is 63.7 Å². The van der Waals surface area contributed by atoms with Gasteiger partial charge in [0.15, 0.2) is 0 Å². The maximum Gasteiger partial charge on any atom is 0.0955 e. The number of hydrogen-bond donors (Lipinski definition) is 0. The highest BCUT2D eigenvalue weighted by atomic mass is 35.5. The van der Waals surface area contributed by atoms with E-state index in [1.807, 2.05) is 19.1 Å². The summed E-state index contributed by atoms with van der Waals surface area (Å²) in [7, 11) is 0. The second-order valence-electron chi connectivity index (χ2n) is 5.38. The number of aliphatic imine (C=N–C) groups is 1. The van der Waals surface area contributed by atoms with Crippen LogP contribution < -0.4 is 0 Å². The second kappa shape index (κ2) is 8.65. The summed E-state index contributed by atoms with van der Waals surface area (Å²) in [6.45, 7) is 4.14. The summed E-state index contributed by atoms with van der Waals surface area (Å²) in [6.07, 6.45) is 3.56. The van der Waals surface area contributed by atoms with Gasteiger partial charge in [-0.05, 0) is 67.4 Å². The van der Waals surface area contributed by atoms with Gasteiger partial charge >= 0.3 is 0 Å². The van der Waals surface area contributed by atoms with Gasteiger partial charge in [-0.1, -0.05) is 48.9 Å². The van der Waals surface area contributed by atoms with Crippen molar-refractivity contribution in [1.29, 1.82) is 0 Å². The standard InChI is InChI=1S/C20H18ClNS/c1-3-4-5-16-6-8-17(9-7-16)10-11-18-12-15(2)20(22-14-23)19(21)13-18/h6-9,12-13H,3-5H2,1-2H3. The molecule has 0 radical (unpaired) electrons. The topological polar surface area (TPSA) is 12.4 Å². The summed E-state index contributed by atoms with van der Waals surface area (Å²) in [5, 5.41) is 2.89. The number of isothiocyanates is 1. The molecule has 2 rings (SSSR count). The number of hydrogen-bond acceptors (Lipinski definition) is 2. The van der Waals surface area contributed by atoms with Crippen molar-refractivity contribution in [3.8, 4) is 11.8 Å². The highest BCUT2D eigenvalue weighted by molar-refractivity contribution is 7.78. The van der Waals surface area contributed by atoms with Gasteiger partial charge in [-0.25, -0.2) is 0 Å². The SMILES string of the molecule is CCCCc1ccc(C#Cc2cc(C)c(N=C=S)c(Cl)c2)cc1. The molecule has 0 atom stereocenters. The molecule has 0 N–H and O–H groups in total. The van der Waals surface area contributed by atoms with Crippen LogP contribution in [0.1, 0.15) is 42.0 Å². The van der Waals surface area contributed by atoms with E-state index >= 15 is 0 Å². The van der Waals surface area contributed by atoms with E-state index in [0.717, 1.165) is 23.1 Å². The van der Waals surface area contributed by atoms with Gasteiger partial charge in [0.1, 0.15) is 0 Å². The van der Waals surface area contributed by atoms with Gasteiger partial charge in [0.05, 0.1) is 15.9 Å². The highest BCUT2D eigenvalue weighted by Gasteiger charge is 2.04. The lowest BCUT2D eigenvalue weighted by atomic mass is 10.1. The van der Waals surface area contributed by atoms with Crippen LogP contribution in [0.4, 0.5) is 5.69 Å². The summed E-state index contributed by atoms with van der Waals surface area (Å²) in [6, 6.07) is 12.2. The minimum absolute atomic E-state index is 0.543. The van der Waals surface area contributed by atoms with Crippen LogP contribution in [0.25, 0.3) is 0 Å². The molecule has 0 unspecified atom stereocenters. The predicted octanol–water partition coefficient (Wildman–Crippen LogP) is 6.13. The summed E-state index contributed by atoms with van der Waals surface area (Å²) < 4.78 is 0. The Morgan fingerprint density at radius 3 is 2.39 bits per heavy atom. The molecule has 0 saturated carbocycles. The first-order valence-corrected chi connectivity index (χ1v) is 8.41. The number of benzene rings is 2. The number of halogens is 1. The Bertz CT molecular complexity index is 768. The highest BCUT2D eigenvalue weighted by Crippen LogP contribution is 2.29. The molecule has 0 aliphatic carbocycles. The van der Waals surface area contributed by atoms with Crippen LogP contribution in [0.3, 0.4) is 0 Å². The normalized spacial score (nSPS) is 9.70. The third-order valence-electron chi connectivity index (χ3n) is 3.54. The zero-order chi connectivity index (χ0) is 16.7. The Morgan fingerprint density at radius 2 is 1.78 bits per heavy atom. The maximum atomic E-state index is 6.22. The second-order valence-corrected chi connectivity index (χ2v) is 5.97.